The molecule has 0 unspecified atom stereocenters. The van der Waals surface area contributed by atoms with Crippen LogP contribution in [0.4, 0.5) is 8.78 Å². The second kappa shape index (κ2) is 7.81. The number of benzene rings is 2. The quantitative estimate of drug-likeness (QED) is 0.785. The first-order valence-electron chi connectivity index (χ1n) is 9.37. The number of halogens is 2. The molecule has 0 saturated carbocycles. The predicted octanol–water partition coefficient (Wildman–Crippen LogP) is 4.71. The lowest BCUT2D eigenvalue weighted by molar-refractivity contribution is -0.142. The van der Waals surface area contributed by atoms with Gasteiger partial charge in [0.15, 0.2) is 0 Å². The summed E-state index contributed by atoms with van der Waals surface area (Å²) in [6.45, 7) is 3.35. The Morgan fingerprint density at radius 2 is 1.45 bits per heavy atom. The number of carboxylic acids is 1. The number of hydrogen-bond acceptors (Lipinski definition) is 3. The Morgan fingerprint density at radius 1 is 0.966 bits per heavy atom. The van der Waals surface area contributed by atoms with Gasteiger partial charge in [-0.3, -0.25) is 9.59 Å². The van der Waals surface area contributed by atoms with Crippen molar-refractivity contribution in [3.63, 3.8) is 0 Å². The van der Waals surface area contributed by atoms with Gasteiger partial charge in [-0.2, -0.15) is 0 Å². The zero-order valence-electron chi connectivity index (χ0n) is 16.3. The lowest BCUT2D eigenvalue weighted by Crippen LogP contribution is -2.42. The summed E-state index contributed by atoms with van der Waals surface area (Å²) in [7, 11) is 0. The first-order chi connectivity index (χ1) is 13.6. The summed E-state index contributed by atoms with van der Waals surface area (Å²) in [5.74, 6) is -2.83. The smallest absolute Gasteiger partial charge is 0.313 e. The van der Waals surface area contributed by atoms with Gasteiger partial charge >= 0.3 is 5.97 Å². The molecule has 0 aliphatic carbocycles. The number of hydrogen-bond donors (Lipinski definition) is 1. The fourth-order valence-corrected chi connectivity index (χ4v) is 3.08. The van der Waals surface area contributed by atoms with E-state index in [2.05, 4.69) is 0 Å². The molecule has 2 aromatic carbocycles. The van der Waals surface area contributed by atoms with Crippen LogP contribution in [0.3, 0.4) is 0 Å². The van der Waals surface area contributed by atoms with Gasteiger partial charge < -0.3 is 14.7 Å². The van der Waals surface area contributed by atoms with Gasteiger partial charge in [0.25, 0.3) is 11.8 Å². The predicted molar refractivity (Wildman–Crippen MR) is 104 cm³/mol. The molecular formula is C22H23F2NO4. The molecule has 3 rings (SSSR count). The Bertz CT molecular complexity index is 882. The molecule has 2 aromatic rings. The second-order valence-corrected chi connectivity index (χ2v) is 7.73. The zero-order chi connectivity index (χ0) is 21.2. The second-order valence-electron chi connectivity index (χ2n) is 7.73. The van der Waals surface area contributed by atoms with Crippen molar-refractivity contribution in [3.05, 3.63) is 59.7 Å². The Kier molecular flexibility index (Phi) is 5.59. The molecule has 0 radical (unpaired) electrons. The fraction of sp³-hybridized carbons (Fsp3) is 0.364. The van der Waals surface area contributed by atoms with E-state index in [9.17, 15) is 23.5 Å². The number of alkyl halides is 2. The van der Waals surface area contributed by atoms with Crippen LogP contribution in [0.1, 0.15) is 42.6 Å². The van der Waals surface area contributed by atoms with E-state index in [0.29, 0.717) is 22.6 Å². The van der Waals surface area contributed by atoms with Crippen molar-refractivity contribution in [1.29, 1.82) is 0 Å². The lowest BCUT2D eigenvalue weighted by atomic mass is 9.85. The van der Waals surface area contributed by atoms with Crippen LogP contribution in [-0.2, 0) is 10.2 Å². The molecule has 1 saturated heterocycles. The van der Waals surface area contributed by atoms with Crippen LogP contribution >= 0.6 is 0 Å². The molecule has 1 fully saturated rings. The number of aliphatic carboxylic acids is 1. The highest BCUT2D eigenvalue weighted by Crippen LogP contribution is 2.30. The van der Waals surface area contributed by atoms with E-state index in [1.807, 2.05) is 0 Å². The maximum atomic E-state index is 13.2. The minimum Gasteiger partial charge on any atom is -0.481 e. The highest BCUT2D eigenvalue weighted by atomic mass is 19.3. The molecule has 154 valence electrons. The maximum absolute atomic E-state index is 13.2. The first kappa shape index (κ1) is 20.8. The molecular weight excluding hydrogens is 380 g/mol. The molecule has 5 nitrogen and oxygen atoms in total. The van der Waals surface area contributed by atoms with Gasteiger partial charge in [0, 0.05) is 31.5 Å². The topological polar surface area (TPSA) is 66.8 Å². The molecule has 0 spiro atoms. The number of nitrogens with zero attached hydrogens (tertiary/aromatic N) is 1. The van der Waals surface area contributed by atoms with E-state index in [-0.39, 0.29) is 31.8 Å². The number of rotatable bonds is 5. The van der Waals surface area contributed by atoms with Gasteiger partial charge in [-0.1, -0.05) is 12.1 Å². The van der Waals surface area contributed by atoms with Crippen LogP contribution in [0, 0.1) is 0 Å². The third-order valence-electron chi connectivity index (χ3n) is 5.23. The van der Waals surface area contributed by atoms with Gasteiger partial charge in [0.2, 0.25) is 0 Å². The van der Waals surface area contributed by atoms with Crippen molar-refractivity contribution in [2.45, 2.75) is 38.0 Å². The first-order valence-corrected chi connectivity index (χ1v) is 9.37. The molecule has 0 atom stereocenters. The number of carbonyl (C=O) groups is 2. The number of likely N-dealkylation sites (tertiary alicyclic amines) is 1. The van der Waals surface area contributed by atoms with E-state index in [1.165, 1.54) is 4.90 Å². The number of carbonyl (C=O) groups excluding carboxylic acids is 1. The van der Waals surface area contributed by atoms with Crippen molar-refractivity contribution in [3.8, 4) is 11.5 Å². The summed E-state index contributed by atoms with van der Waals surface area (Å²) in [6.07, 6.45) is -0.622. The Morgan fingerprint density at radius 3 is 1.93 bits per heavy atom. The van der Waals surface area contributed by atoms with Crippen LogP contribution in [0.15, 0.2) is 48.5 Å². The van der Waals surface area contributed by atoms with Crippen molar-refractivity contribution < 1.29 is 28.2 Å². The van der Waals surface area contributed by atoms with E-state index in [0.717, 1.165) is 0 Å². The molecule has 1 N–H and O–H groups in total. The molecule has 0 aromatic heterocycles. The molecule has 1 heterocycles. The minimum absolute atomic E-state index is 0.0448. The van der Waals surface area contributed by atoms with E-state index >= 15 is 0 Å². The number of carboxylic acid groups (broad SMARTS) is 1. The summed E-state index contributed by atoms with van der Waals surface area (Å²) in [5, 5.41) is 9.29. The highest BCUT2D eigenvalue weighted by molar-refractivity contribution is 5.94. The van der Waals surface area contributed by atoms with Crippen molar-refractivity contribution in [1.82, 2.24) is 4.90 Å². The third-order valence-corrected chi connectivity index (χ3v) is 5.23. The maximum Gasteiger partial charge on any atom is 0.313 e. The SMILES string of the molecule is CC(C)(C(=O)O)c1ccc(Oc2ccc(C(=O)N3CCC(F)(F)CC3)cc2)cc1. The monoisotopic (exact) mass is 403 g/mol. The van der Waals surface area contributed by atoms with E-state index in [4.69, 9.17) is 4.74 Å². The van der Waals surface area contributed by atoms with Crippen LogP contribution in [-0.4, -0.2) is 40.9 Å². The molecule has 29 heavy (non-hydrogen) atoms. The van der Waals surface area contributed by atoms with Gasteiger partial charge in [0.1, 0.15) is 11.5 Å². The highest BCUT2D eigenvalue weighted by Gasteiger charge is 2.35. The zero-order valence-corrected chi connectivity index (χ0v) is 16.3. The standard InChI is InChI=1S/C22H23F2NO4/c1-21(2,20(27)28)16-5-9-18(10-6-16)29-17-7-3-15(4-8-17)19(26)25-13-11-22(23,24)12-14-25/h3-10H,11-14H2,1-2H3,(H,27,28). The van der Waals surface area contributed by atoms with Crippen molar-refractivity contribution in [2.75, 3.05) is 13.1 Å². The van der Waals surface area contributed by atoms with E-state index < -0.39 is 17.3 Å². The van der Waals surface area contributed by atoms with Gasteiger partial charge in [-0.05, 0) is 55.8 Å². The summed E-state index contributed by atoms with van der Waals surface area (Å²) < 4.78 is 32.2. The number of piperidine rings is 1. The number of amides is 1. The van der Waals surface area contributed by atoms with Crippen LogP contribution in [0.25, 0.3) is 0 Å². The van der Waals surface area contributed by atoms with Crippen molar-refractivity contribution >= 4 is 11.9 Å². The largest absolute Gasteiger partial charge is 0.481 e. The lowest BCUT2D eigenvalue weighted by Gasteiger charge is -2.31. The Hall–Kier alpha value is -2.96. The van der Waals surface area contributed by atoms with Gasteiger partial charge in [-0.25, -0.2) is 8.78 Å². The Labute approximate surface area is 167 Å². The van der Waals surface area contributed by atoms with Gasteiger partial charge in [-0.15, -0.1) is 0 Å². The van der Waals surface area contributed by atoms with Crippen LogP contribution in [0.2, 0.25) is 0 Å². The molecule has 7 heteroatoms. The third kappa shape index (κ3) is 4.72. The minimum atomic E-state index is -2.69. The van der Waals surface area contributed by atoms with Crippen LogP contribution < -0.4 is 4.74 Å². The fourth-order valence-electron chi connectivity index (χ4n) is 3.08. The molecule has 1 amide bonds. The number of ether oxygens (including phenoxy) is 1. The average molecular weight is 403 g/mol. The summed E-state index contributed by atoms with van der Waals surface area (Å²) in [4.78, 5) is 25.2. The average Bonchev–Trinajstić information content (AvgIpc) is 2.68. The summed E-state index contributed by atoms with van der Waals surface area (Å²) in [6, 6.07) is 13.3. The Balaban J connectivity index is 1.63. The van der Waals surface area contributed by atoms with Gasteiger partial charge in [0.05, 0.1) is 5.41 Å². The van der Waals surface area contributed by atoms with E-state index in [1.54, 1.807) is 62.4 Å². The van der Waals surface area contributed by atoms with Crippen LogP contribution in [0.5, 0.6) is 11.5 Å². The summed E-state index contributed by atoms with van der Waals surface area (Å²) in [5.41, 5.74) is 0.0745. The molecule has 1 aliphatic rings. The molecule has 1 aliphatic heterocycles. The van der Waals surface area contributed by atoms with Crippen molar-refractivity contribution in [2.24, 2.45) is 0 Å². The normalized spacial score (nSPS) is 16.3. The molecule has 0 bridgehead atoms. The summed E-state index contributed by atoms with van der Waals surface area (Å²) >= 11 is 0.